The van der Waals surface area contributed by atoms with Gasteiger partial charge in [-0.15, -0.1) is 0 Å². The highest BCUT2D eigenvalue weighted by Gasteiger charge is 2.24. The molecule has 1 aliphatic rings. The maximum atomic E-state index is 13.2. The summed E-state index contributed by atoms with van der Waals surface area (Å²) in [7, 11) is -3.14. The number of sulfonamides is 1. The molecule has 0 unspecified atom stereocenters. The summed E-state index contributed by atoms with van der Waals surface area (Å²) in [5.41, 5.74) is 2.90. The number of aromatic amines is 1. The van der Waals surface area contributed by atoms with Crippen LogP contribution in [0.4, 0.5) is 4.39 Å². The van der Waals surface area contributed by atoms with E-state index in [1.807, 2.05) is 19.2 Å². The van der Waals surface area contributed by atoms with Crippen LogP contribution in [0.15, 0.2) is 30.5 Å². The van der Waals surface area contributed by atoms with Crippen LogP contribution in [0.2, 0.25) is 0 Å². The molecule has 0 spiro atoms. The Kier molecular flexibility index (Phi) is 4.06. The van der Waals surface area contributed by atoms with Gasteiger partial charge in [0.25, 0.3) is 0 Å². The molecular weight excluding hydrogens is 303 g/mol. The second kappa shape index (κ2) is 5.85. The molecule has 0 saturated carbocycles. The second-order valence-electron chi connectivity index (χ2n) is 5.55. The second-order valence-corrected chi connectivity index (χ2v) is 7.63. The minimum Gasteiger partial charge on any atom is -0.360 e. The van der Waals surface area contributed by atoms with E-state index in [0.717, 1.165) is 22.0 Å². The molecule has 2 aromatic rings. The van der Waals surface area contributed by atoms with Crippen LogP contribution in [-0.2, 0) is 10.0 Å². The van der Waals surface area contributed by atoms with Crippen LogP contribution in [-0.4, -0.2) is 36.5 Å². The van der Waals surface area contributed by atoms with E-state index in [1.165, 1.54) is 16.4 Å². The van der Waals surface area contributed by atoms with Gasteiger partial charge in [0.15, 0.2) is 0 Å². The van der Waals surface area contributed by atoms with Gasteiger partial charge in [-0.1, -0.05) is 13.0 Å². The normalized spacial score (nSPS) is 16.9. The molecule has 6 heteroatoms. The van der Waals surface area contributed by atoms with Gasteiger partial charge in [-0.2, -0.15) is 4.31 Å². The number of nitrogens with zero attached hydrogens (tertiary/aromatic N) is 1. The van der Waals surface area contributed by atoms with Crippen LogP contribution in [0.25, 0.3) is 16.5 Å². The Balaban J connectivity index is 1.86. The summed E-state index contributed by atoms with van der Waals surface area (Å²) in [5.74, 6) is -0.0712. The Morgan fingerprint density at radius 2 is 2.18 bits per heavy atom. The van der Waals surface area contributed by atoms with Crippen LogP contribution in [0.5, 0.6) is 0 Å². The SMILES string of the molecule is CCCS(=O)(=O)N1CC=C(c2c[nH]c3cc(F)ccc23)CC1. The van der Waals surface area contributed by atoms with Crippen molar-refractivity contribution >= 4 is 26.5 Å². The van der Waals surface area contributed by atoms with E-state index in [0.29, 0.717) is 25.9 Å². The molecule has 3 rings (SSSR count). The Labute approximate surface area is 129 Å². The number of H-pyrrole nitrogens is 1. The fourth-order valence-corrected chi connectivity index (χ4v) is 4.34. The molecule has 0 radical (unpaired) electrons. The number of benzene rings is 1. The van der Waals surface area contributed by atoms with Crippen molar-refractivity contribution in [1.29, 1.82) is 0 Å². The molecule has 0 saturated heterocycles. The summed E-state index contributed by atoms with van der Waals surface area (Å²) in [6, 6.07) is 4.68. The molecule has 1 aromatic heterocycles. The van der Waals surface area contributed by atoms with Crippen molar-refractivity contribution in [1.82, 2.24) is 9.29 Å². The summed E-state index contributed by atoms with van der Waals surface area (Å²) in [6.45, 7) is 2.78. The summed E-state index contributed by atoms with van der Waals surface area (Å²) in [4.78, 5) is 3.08. The fourth-order valence-electron chi connectivity index (χ4n) is 2.90. The third-order valence-electron chi connectivity index (χ3n) is 4.02. The van der Waals surface area contributed by atoms with Gasteiger partial charge in [0.1, 0.15) is 5.82 Å². The third-order valence-corrected chi connectivity index (χ3v) is 6.06. The fraction of sp³-hybridized carbons (Fsp3) is 0.375. The van der Waals surface area contributed by atoms with Crippen molar-refractivity contribution in [3.8, 4) is 0 Å². The number of halogens is 1. The highest BCUT2D eigenvalue weighted by atomic mass is 32.2. The number of hydrogen-bond acceptors (Lipinski definition) is 2. The Morgan fingerprint density at radius 1 is 1.36 bits per heavy atom. The van der Waals surface area contributed by atoms with Crippen LogP contribution >= 0.6 is 0 Å². The monoisotopic (exact) mass is 322 g/mol. The molecule has 1 aromatic carbocycles. The number of nitrogens with one attached hydrogen (secondary N) is 1. The maximum absolute atomic E-state index is 13.2. The molecule has 4 nitrogen and oxygen atoms in total. The predicted molar refractivity (Wildman–Crippen MR) is 86.5 cm³/mol. The highest BCUT2D eigenvalue weighted by Crippen LogP contribution is 2.30. The van der Waals surface area contributed by atoms with Crippen molar-refractivity contribution in [2.24, 2.45) is 0 Å². The number of aromatic nitrogens is 1. The van der Waals surface area contributed by atoms with Gasteiger partial charge < -0.3 is 4.98 Å². The summed E-state index contributed by atoms with van der Waals surface area (Å²) >= 11 is 0. The topological polar surface area (TPSA) is 53.2 Å². The van der Waals surface area contributed by atoms with Crippen LogP contribution < -0.4 is 0 Å². The van der Waals surface area contributed by atoms with Crippen molar-refractivity contribution in [2.75, 3.05) is 18.8 Å². The van der Waals surface area contributed by atoms with E-state index in [9.17, 15) is 12.8 Å². The molecule has 0 aliphatic carbocycles. The number of rotatable bonds is 4. The lowest BCUT2D eigenvalue weighted by Gasteiger charge is -2.25. The molecule has 22 heavy (non-hydrogen) atoms. The smallest absolute Gasteiger partial charge is 0.214 e. The highest BCUT2D eigenvalue weighted by molar-refractivity contribution is 7.89. The zero-order valence-electron chi connectivity index (χ0n) is 12.5. The Hall–Kier alpha value is -1.66. The van der Waals surface area contributed by atoms with Gasteiger partial charge in [0.2, 0.25) is 10.0 Å². The molecule has 0 amide bonds. The third kappa shape index (κ3) is 2.80. The van der Waals surface area contributed by atoms with Gasteiger partial charge in [0.05, 0.1) is 5.75 Å². The minimum atomic E-state index is -3.14. The summed E-state index contributed by atoms with van der Waals surface area (Å²) in [6.07, 6.45) is 5.13. The lowest BCUT2D eigenvalue weighted by atomic mass is 10.00. The van der Waals surface area contributed by atoms with E-state index >= 15 is 0 Å². The maximum Gasteiger partial charge on any atom is 0.214 e. The van der Waals surface area contributed by atoms with E-state index in [4.69, 9.17) is 0 Å². The first-order valence-corrected chi connectivity index (χ1v) is 9.06. The molecule has 0 fully saturated rings. The molecule has 1 aliphatic heterocycles. The minimum absolute atomic E-state index is 0.197. The van der Waals surface area contributed by atoms with E-state index < -0.39 is 10.0 Å². The lowest BCUT2D eigenvalue weighted by Crippen LogP contribution is -2.36. The average molecular weight is 322 g/mol. The first-order chi connectivity index (χ1) is 10.5. The lowest BCUT2D eigenvalue weighted by molar-refractivity contribution is 0.441. The Bertz CT molecular complexity index is 824. The van der Waals surface area contributed by atoms with Crippen molar-refractivity contribution in [2.45, 2.75) is 19.8 Å². The molecular formula is C16H19FN2O2S. The zero-order chi connectivity index (χ0) is 15.7. The zero-order valence-corrected chi connectivity index (χ0v) is 13.3. The van der Waals surface area contributed by atoms with Gasteiger partial charge in [-0.3, -0.25) is 0 Å². The molecule has 0 bridgehead atoms. The molecule has 2 heterocycles. The largest absolute Gasteiger partial charge is 0.360 e. The average Bonchev–Trinajstić information content (AvgIpc) is 2.90. The quantitative estimate of drug-likeness (QED) is 0.940. The standard InChI is InChI=1S/C16H19FN2O2S/c1-2-9-22(20,21)19-7-5-12(6-8-19)15-11-18-16-10-13(17)3-4-14(15)16/h3-5,10-11,18H,2,6-9H2,1H3. The van der Waals surface area contributed by atoms with Crippen LogP contribution in [0, 0.1) is 5.82 Å². The summed E-state index contributed by atoms with van der Waals surface area (Å²) < 4.78 is 38.9. The first-order valence-electron chi connectivity index (χ1n) is 7.45. The molecule has 0 atom stereocenters. The van der Waals surface area contributed by atoms with Gasteiger partial charge in [-0.25, -0.2) is 12.8 Å². The molecule has 1 N–H and O–H groups in total. The number of hydrogen-bond donors (Lipinski definition) is 1. The van der Waals surface area contributed by atoms with Gasteiger partial charge in [0, 0.05) is 35.8 Å². The van der Waals surface area contributed by atoms with Crippen molar-refractivity contribution < 1.29 is 12.8 Å². The first kappa shape index (κ1) is 15.2. The summed E-state index contributed by atoms with van der Waals surface area (Å²) in [5, 5.41) is 0.970. The van der Waals surface area contributed by atoms with E-state index in [2.05, 4.69) is 4.98 Å². The van der Waals surface area contributed by atoms with Crippen molar-refractivity contribution in [3.05, 3.63) is 41.9 Å². The van der Waals surface area contributed by atoms with Gasteiger partial charge >= 0.3 is 0 Å². The number of fused-ring (bicyclic) bond motifs is 1. The van der Waals surface area contributed by atoms with Crippen molar-refractivity contribution in [3.63, 3.8) is 0 Å². The Morgan fingerprint density at radius 3 is 2.86 bits per heavy atom. The van der Waals surface area contributed by atoms with E-state index in [-0.39, 0.29) is 11.6 Å². The predicted octanol–water partition coefficient (Wildman–Crippen LogP) is 3.14. The van der Waals surface area contributed by atoms with Gasteiger partial charge in [-0.05, 0) is 36.6 Å². The molecule has 118 valence electrons. The van der Waals surface area contributed by atoms with Crippen LogP contribution in [0.3, 0.4) is 0 Å². The van der Waals surface area contributed by atoms with E-state index in [1.54, 1.807) is 6.07 Å². The van der Waals surface area contributed by atoms with Crippen LogP contribution in [0.1, 0.15) is 25.3 Å².